The van der Waals surface area contributed by atoms with E-state index in [4.69, 9.17) is 41.1 Å². The Morgan fingerprint density at radius 1 is 0.603 bits per heavy atom. The van der Waals surface area contributed by atoms with E-state index in [1.807, 2.05) is 32.9 Å². The number of amides is 3. The highest BCUT2D eigenvalue weighted by atomic mass is 79.9. The van der Waals surface area contributed by atoms with Crippen LogP contribution in [0.4, 0.5) is 14.4 Å². The molecule has 3 rings (SSSR count). The number of methoxy groups -OCH3 is 2. The molecule has 73 heavy (non-hydrogen) atoms. The summed E-state index contributed by atoms with van der Waals surface area (Å²) in [5.74, 6) is -1.96. The van der Waals surface area contributed by atoms with E-state index in [0.717, 1.165) is 22.9 Å². The number of ether oxygens (including phenoxy) is 5. The van der Waals surface area contributed by atoms with E-state index >= 15 is 0 Å². The van der Waals surface area contributed by atoms with Crippen LogP contribution in [0.25, 0.3) is 4.85 Å². The van der Waals surface area contributed by atoms with Gasteiger partial charge in [-0.05, 0) is 130 Å². The van der Waals surface area contributed by atoms with Crippen LogP contribution >= 0.6 is 15.9 Å². The number of benzene rings is 3. The van der Waals surface area contributed by atoms with Crippen LogP contribution in [-0.4, -0.2) is 122 Å². The third-order valence-corrected chi connectivity index (χ3v) is 10.6. The summed E-state index contributed by atoms with van der Waals surface area (Å²) in [5.41, 5.74) is 2.67. The van der Waals surface area contributed by atoms with E-state index in [-0.39, 0.29) is 24.9 Å². The minimum absolute atomic E-state index is 0.00558. The zero-order valence-corrected chi connectivity index (χ0v) is 48.0. The third kappa shape index (κ3) is 27.5. The zero-order chi connectivity index (χ0) is 56.7. The molecule has 0 aromatic heterocycles. The quantitative estimate of drug-likeness (QED) is 0.0770. The number of nitrogens with zero attached hydrogens (tertiary/aromatic N) is 6. The maximum Gasteiger partial charge on any atom is 0.410 e. The molecular formula is C53H73BrN6O12Si. The molecule has 20 heteroatoms. The SMILES string of the molecule is CN(Cc1ccc(C(=O)O)c(CC#N)c1)C(=O)OC(C)(C)C.COC(=O)c1ccc(CN(C)C(=O)OC(C)(C)C)cc1Br.COC(=O)c1ccc(CN(C)C(=O)OC(C)(C)C)cc1CC#N.[C-]#[N+]C[Si](C)(C)C. The number of carbonyl (C=O) groups is 6. The number of esters is 2. The smallest absolute Gasteiger partial charge is 0.410 e. The van der Waals surface area contributed by atoms with Gasteiger partial charge in [0.15, 0.2) is 6.17 Å². The fourth-order valence-corrected chi connectivity index (χ4v) is 6.74. The molecule has 3 aromatic carbocycles. The molecule has 0 atom stereocenters. The van der Waals surface area contributed by atoms with Gasteiger partial charge in [-0.3, -0.25) is 0 Å². The molecule has 0 fully saturated rings. The van der Waals surface area contributed by atoms with E-state index in [9.17, 15) is 28.8 Å². The van der Waals surface area contributed by atoms with E-state index in [1.54, 1.807) is 111 Å². The second kappa shape index (κ2) is 30.2. The third-order valence-electron chi connectivity index (χ3n) is 8.88. The van der Waals surface area contributed by atoms with E-state index in [1.165, 1.54) is 35.0 Å². The van der Waals surface area contributed by atoms with Gasteiger partial charge < -0.3 is 48.3 Å². The van der Waals surface area contributed by atoms with Crippen molar-refractivity contribution in [2.24, 2.45) is 0 Å². The average molecular weight is 1090 g/mol. The second-order valence-electron chi connectivity index (χ2n) is 20.6. The summed E-state index contributed by atoms with van der Waals surface area (Å²) in [4.78, 5) is 77.7. The number of hydrogen-bond acceptors (Lipinski definition) is 13. The maximum absolute atomic E-state index is 12.0. The number of nitriles is 2. The number of aromatic carboxylic acids is 1. The molecule has 1 N–H and O–H groups in total. The van der Waals surface area contributed by atoms with Gasteiger partial charge in [0.05, 0.1) is 55.9 Å². The van der Waals surface area contributed by atoms with Crippen molar-refractivity contribution in [3.63, 3.8) is 0 Å². The summed E-state index contributed by atoms with van der Waals surface area (Å²) in [6.45, 7) is 30.3. The van der Waals surface area contributed by atoms with Crippen LogP contribution in [0.3, 0.4) is 0 Å². The van der Waals surface area contributed by atoms with Gasteiger partial charge in [-0.25, -0.2) is 35.3 Å². The van der Waals surface area contributed by atoms with Crippen molar-refractivity contribution >= 4 is 60.2 Å². The minimum Gasteiger partial charge on any atom is -0.478 e. The maximum atomic E-state index is 12.0. The number of carboxylic acid groups (broad SMARTS) is 1. The van der Waals surface area contributed by atoms with Crippen LogP contribution in [0.15, 0.2) is 59.1 Å². The van der Waals surface area contributed by atoms with Crippen molar-refractivity contribution in [1.29, 1.82) is 10.5 Å². The fourth-order valence-electron chi connectivity index (χ4n) is 5.68. The number of carboxylic acids is 1. The number of halogens is 1. The Morgan fingerprint density at radius 2 is 0.918 bits per heavy atom. The molecule has 398 valence electrons. The standard InChI is InChI=1S/C17H22N2O4.C16H20N2O4.C15H20BrNO4.C5H11NSi/c1-17(2,3)23-16(21)19(4)11-12-6-7-14(15(20)22-5)13(10-12)8-9-18;1-16(2,3)22-15(21)18(4)10-11-5-6-13(14(19)20)12(9-11)7-8-17;1-15(2,3)21-14(19)17(4)9-10-6-7-11(12(16)8-10)13(18)20-5;1-6-5-7(2,3)4/h6-7,10H,8,11H2,1-5H3;5-6,9H,7,10H2,1-4H3,(H,19,20);6-8H,9H2,1-5H3;5H2,2-4H3. The summed E-state index contributed by atoms with van der Waals surface area (Å²) in [7, 11) is 6.51. The van der Waals surface area contributed by atoms with Crippen LogP contribution in [0.2, 0.25) is 19.6 Å². The lowest BCUT2D eigenvalue weighted by molar-refractivity contribution is 0.0275. The number of carbonyl (C=O) groups excluding carboxylic acids is 5. The van der Waals surface area contributed by atoms with Crippen molar-refractivity contribution < 1.29 is 57.6 Å². The van der Waals surface area contributed by atoms with Crippen LogP contribution in [0.1, 0.15) is 121 Å². The first-order chi connectivity index (χ1) is 33.5. The van der Waals surface area contributed by atoms with Crippen molar-refractivity contribution in [3.05, 3.63) is 115 Å². The largest absolute Gasteiger partial charge is 0.478 e. The van der Waals surface area contributed by atoms with Gasteiger partial charge in [0.25, 0.3) is 0 Å². The number of rotatable bonds is 12. The van der Waals surface area contributed by atoms with Crippen LogP contribution in [-0.2, 0) is 56.2 Å². The molecule has 0 radical (unpaired) electrons. The van der Waals surface area contributed by atoms with Crippen molar-refractivity contribution in [1.82, 2.24) is 14.7 Å². The highest BCUT2D eigenvalue weighted by Crippen LogP contribution is 2.22. The topological polar surface area (TPSA) is 230 Å². The summed E-state index contributed by atoms with van der Waals surface area (Å²) in [6, 6.07) is 19.0. The van der Waals surface area contributed by atoms with E-state index < -0.39 is 61.1 Å². The van der Waals surface area contributed by atoms with Crippen LogP contribution in [0, 0.1) is 29.2 Å². The average Bonchev–Trinajstić information content (AvgIpc) is 3.24. The molecule has 0 spiro atoms. The Bertz CT molecular complexity index is 2500. The van der Waals surface area contributed by atoms with Crippen molar-refractivity contribution in [2.75, 3.05) is 41.5 Å². The molecule has 3 amide bonds. The number of hydrogen-bond donors (Lipinski definition) is 1. The van der Waals surface area contributed by atoms with Gasteiger partial charge in [-0.2, -0.15) is 10.5 Å². The van der Waals surface area contributed by atoms with Crippen LogP contribution in [0.5, 0.6) is 0 Å². The monoisotopic (exact) mass is 1090 g/mol. The van der Waals surface area contributed by atoms with Crippen molar-refractivity contribution in [2.45, 2.75) is 131 Å². The predicted octanol–water partition coefficient (Wildman–Crippen LogP) is 11.1. The molecular weight excluding hydrogens is 1020 g/mol. The molecule has 0 saturated heterocycles. The first-order valence-electron chi connectivity index (χ1n) is 22.8. The van der Waals surface area contributed by atoms with Crippen molar-refractivity contribution in [3.8, 4) is 12.1 Å². The Kier molecular flexibility index (Phi) is 27.3. The first kappa shape index (κ1) is 66.0. The molecule has 0 aliphatic carbocycles. The first-order valence-corrected chi connectivity index (χ1v) is 27.3. The van der Waals surface area contributed by atoms with E-state index in [0.29, 0.717) is 39.8 Å². The highest BCUT2D eigenvalue weighted by molar-refractivity contribution is 9.10. The molecule has 0 bridgehead atoms. The normalized spacial score (nSPS) is 10.7. The Hall–Kier alpha value is -6.95. The lowest BCUT2D eigenvalue weighted by atomic mass is 10.0. The zero-order valence-electron chi connectivity index (χ0n) is 45.4. The van der Waals surface area contributed by atoms with Gasteiger partial charge in [-0.15, -0.1) is 0 Å². The molecule has 0 saturated carbocycles. The summed E-state index contributed by atoms with van der Waals surface area (Å²) >= 11 is 3.33. The summed E-state index contributed by atoms with van der Waals surface area (Å²) in [6.07, 6.45) is -0.420. The summed E-state index contributed by atoms with van der Waals surface area (Å²) in [5, 5.41) is 26.8. The van der Waals surface area contributed by atoms with Crippen LogP contribution < -0.4 is 0 Å². The Balaban J connectivity index is 0.000000998. The lowest BCUT2D eigenvalue weighted by Gasteiger charge is -2.24. The minimum atomic E-state index is -1.07. The molecule has 0 heterocycles. The molecule has 0 unspecified atom stereocenters. The molecule has 0 aliphatic heterocycles. The highest BCUT2D eigenvalue weighted by Gasteiger charge is 2.23. The van der Waals surface area contributed by atoms with Gasteiger partial charge >= 0.3 is 36.2 Å². The summed E-state index contributed by atoms with van der Waals surface area (Å²) < 4.78 is 25.8. The van der Waals surface area contributed by atoms with E-state index in [2.05, 4.69) is 45.2 Å². The Labute approximate surface area is 441 Å². The van der Waals surface area contributed by atoms with Gasteiger partial charge in [0.1, 0.15) is 24.9 Å². The van der Waals surface area contributed by atoms with Gasteiger partial charge in [0, 0.05) is 45.3 Å². The molecule has 0 aliphatic rings. The predicted molar refractivity (Wildman–Crippen MR) is 283 cm³/mol. The lowest BCUT2D eigenvalue weighted by Crippen LogP contribution is -2.33. The van der Waals surface area contributed by atoms with Gasteiger partial charge in [-0.1, -0.05) is 50.0 Å². The second-order valence-corrected chi connectivity index (χ2v) is 26.9. The Morgan fingerprint density at radius 3 is 1.19 bits per heavy atom. The van der Waals surface area contributed by atoms with Gasteiger partial charge in [0.2, 0.25) is 0 Å². The molecule has 3 aromatic rings. The molecule has 18 nitrogen and oxygen atoms in total. The fraction of sp³-hybridized carbons (Fsp3) is 0.491.